The highest BCUT2D eigenvalue weighted by atomic mass is 35.5. The van der Waals surface area contributed by atoms with E-state index in [4.69, 9.17) is 17.3 Å². The zero-order chi connectivity index (χ0) is 20.7. The van der Waals surface area contributed by atoms with Gasteiger partial charge in [0, 0.05) is 48.1 Å². The second-order valence-electron chi connectivity index (χ2n) is 7.52. The molecule has 0 atom stereocenters. The van der Waals surface area contributed by atoms with E-state index >= 15 is 0 Å². The molecule has 0 aliphatic carbocycles. The number of nitrogens with two attached hydrogens (primary N) is 1. The molecule has 4 aromatic rings. The van der Waals surface area contributed by atoms with E-state index < -0.39 is 0 Å². The number of nitrogens with one attached hydrogen (secondary N) is 1. The van der Waals surface area contributed by atoms with Crippen LogP contribution in [0.4, 0.5) is 17.2 Å². The molecule has 0 bridgehead atoms. The van der Waals surface area contributed by atoms with E-state index in [1.807, 2.05) is 36.4 Å². The topological polar surface area (TPSA) is 87.0 Å². The summed E-state index contributed by atoms with van der Waals surface area (Å²) in [6.45, 7) is 5.59. The number of benzene rings is 2. The Morgan fingerprint density at radius 2 is 1.77 bits per heavy atom. The van der Waals surface area contributed by atoms with Crippen molar-refractivity contribution in [1.29, 1.82) is 0 Å². The third-order valence-electron chi connectivity index (χ3n) is 5.60. The molecule has 160 valence electrons. The van der Waals surface area contributed by atoms with Gasteiger partial charge in [-0.15, -0.1) is 12.4 Å². The Hall–Kier alpha value is -3.03. The second-order valence-corrected chi connectivity index (χ2v) is 7.96. The van der Waals surface area contributed by atoms with Crippen LogP contribution in [0.5, 0.6) is 0 Å². The first-order valence-corrected chi connectivity index (χ1v) is 10.3. The van der Waals surface area contributed by atoms with Gasteiger partial charge < -0.3 is 15.5 Å². The molecule has 0 saturated carbocycles. The monoisotopic (exact) mass is 455 g/mol. The first kappa shape index (κ1) is 21.2. The summed E-state index contributed by atoms with van der Waals surface area (Å²) < 4.78 is 0. The van der Waals surface area contributed by atoms with Crippen molar-refractivity contribution in [3.05, 3.63) is 59.4 Å². The highest BCUT2D eigenvalue weighted by Gasteiger charge is 2.24. The maximum absolute atomic E-state index is 6.23. The molecule has 0 unspecified atom stereocenters. The van der Waals surface area contributed by atoms with Gasteiger partial charge in [0.1, 0.15) is 12.1 Å². The Labute approximate surface area is 191 Å². The summed E-state index contributed by atoms with van der Waals surface area (Å²) in [6, 6.07) is 13.8. The fraction of sp³-hybridized carbons (Fsp3) is 0.227. The molecule has 0 amide bonds. The standard InChI is InChI=1S/C22H22ClN7.ClH/c1-14-5-6-16(23)12-18(14)29-7-9-30(10-8-29)22-19-20(15-3-2-4-17(24)11-15)27-28-21(19)25-13-26-22;/h2-6,11-13H,7-10,24H2,1H3,(H,25,26,27,28);1H. The quantitative estimate of drug-likeness (QED) is 0.447. The Balaban J connectivity index is 0.00000231. The summed E-state index contributed by atoms with van der Waals surface area (Å²) in [4.78, 5) is 13.7. The van der Waals surface area contributed by atoms with E-state index in [0.717, 1.165) is 53.7 Å². The van der Waals surface area contributed by atoms with Crippen molar-refractivity contribution in [1.82, 2.24) is 20.2 Å². The molecule has 7 nitrogen and oxygen atoms in total. The van der Waals surface area contributed by atoms with Gasteiger partial charge in [0.2, 0.25) is 0 Å². The van der Waals surface area contributed by atoms with Gasteiger partial charge in [-0.25, -0.2) is 9.97 Å². The van der Waals surface area contributed by atoms with Crippen LogP contribution in [0.2, 0.25) is 5.02 Å². The molecule has 1 fully saturated rings. The number of H-pyrrole nitrogens is 1. The number of hydrogen-bond donors (Lipinski definition) is 2. The molecular weight excluding hydrogens is 433 g/mol. The minimum atomic E-state index is 0. The Morgan fingerprint density at radius 1 is 1.00 bits per heavy atom. The van der Waals surface area contributed by atoms with Gasteiger partial charge in [0.25, 0.3) is 0 Å². The maximum Gasteiger partial charge on any atom is 0.186 e. The van der Waals surface area contributed by atoms with E-state index in [1.165, 1.54) is 11.3 Å². The molecule has 31 heavy (non-hydrogen) atoms. The van der Waals surface area contributed by atoms with Gasteiger partial charge in [0.05, 0.1) is 11.1 Å². The molecule has 3 heterocycles. The number of hydrogen-bond acceptors (Lipinski definition) is 6. The molecule has 9 heteroatoms. The van der Waals surface area contributed by atoms with Crippen molar-refractivity contribution < 1.29 is 0 Å². The SMILES string of the molecule is Cc1ccc(Cl)cc1N1CCN(c2ncnc3n[nH]c(-c4cccc(N)c4)c23)CC1.Cl. The lowest BCUT2D eigenvalue weighted by Crippen LogP contribution is -2.47. The second kappa shape index (κ2) is 8.61. The first-order chi connectivity index (χ1) is 14.6. The number of aromatic nitrogens is 4. The van der Waals surface area contributed by atoms with Crippen molar-refractivity contribution >= 4 is 52.2 Å². The lowest BCUT2D eigenvalue weighted by molar-refractivity contribution is 0.648. The lowest BCUT2D eigenvalue weighted by Gasteiger charge is -2.37. The third-order valence-corrected chi connectivity index (χ3v) is 5.83. The smallest absolute Gasteiger partial charge is 0.186 e. The molecule has 2 aromatic carbocycles. The molecule has 1 aliphatic heterocycles. The largest absolute Gasteiger partial charge is 0.399 e. The van der Waals surface area contributed by atoms with Crippen molar-refractivity contribution in [2.75, 3.05) is 41.7 Å². The minimum absolute atomic E-state index is 0. The number of fused-ring (bicyclic) bond motifs is 1. The Bertz CT molecular complexity index is 1220. The number of piperazine rings is 1. The van der Waals surface area contributed by atoms with Gasteiger partial charge in [0.15, 0.2) is 5.65 Å². The molecule has 1 aliphatic rings. The number of halogens is 2. The number of anilines is 3. The molecule has 3 N–H and O–H groups in total. The van der Waals surface area contributed by atoms with E-state index in [1.54, 1.807) is 6.33 Å². The summed E-state index contributed by atoms with van der Waals surface area (Å²) in [5, 5.41) is 9.21. The van der Waals surface area contributed by atoms with Crippen molar-refractivity contribution in [2.45, 2.75) is 6.92 Å². The summed E-state index contributed by atoms with van der Waals surface area (Å²) in [6.07, 6.45) is 1.58. The van der Waals surface area contributed by atoms with Gasteiger partial charge in [-0.1, -0.05) is 29.8 Å². The Morgan fingerprint density at radius 3 is 2.55 bits per heavy atom. The molecule has 5 rings (SSSR count). The van der Waals surface area contributed by atoms with Crippen LogP contribution in [-0.2, 0) is 0 Å². The number of aromatic amines is 1. The highest BCUT2D eigenvalue weighted by molar-refractivity contribution is 6.30. The van der Waals surface area contributed by atoms with Gasteiger partial charge in [-0.05, 0) is 36.8 Å². The van der Waals surface area contributed by atoms with Gasteiger partial charge in [-0.3, -0.25) is 5.10 Å². The zero-order valence-corrected chi connectivity index (χ0v) is 18.6. The number of nitrogens with zero attached hydrogens (tertiary/aromatic N) is 5. The fourth-order valence-electron chi connectivity index (χ4n) is 4.07. The fourth-order valence-corrected chi connectivity index (χ4v) is 4.23. The van der Waals surface area contributed by atoms with Crippen LogP contribution in [0, 0.1) is 6.92 Å². The van der Waals surface area contributed by atoms with Crippen LogP contribution in [0.3, 0.4) is 0 Å². The summed E-state index contributed by atoms with van der Waals surface area (Å²) >= 11 is 6.23. The Kier molecular flexibility index (Phi) is 5.89. The van der Waals surface area contributed by atoms with E-state index in [-0.39, 0.29) is 12.4 Å². The number of nitrogen functional groups attached to an aromatic ring is 1. The van der Waals surface area contributed by atoms with Crippen LogP contribution >= 0.6 is 24.0 Å². The van der Waals surface area contributed by atoms with Crippen LogP contribution in [0.1, 0.15) is 5.56 Å². The molecule has 0 spiro atoms. The maximum atomic E-state index is 6.23. The molecule has 1 saturated heterocycles. The van der Waals surface area contributed by atoms with Crippen LogP contribution < -0.4 is 15.5 Å². The summed E-state index contributed by atoms with van der Waals surface area (Å²) in [5.74, 6) is 0.897. The number of aryl methyl sites for hydroxylation is 1. The normalized spacial score (nSPS) is 14.0. The van der Waals surface area contributed by atoms with E-state index in [2.05, 4.69) is 43.0 Å². The van der Waals surface area contributed by atoms with Crippen molar-refractivity contribution in [2.24, 2.45) is 0 Å². The average Bonchev–Trinajstić information content (AvgIpc) is 3.20. The first-order valence-electron chi connectivity index (χ1n) is 9.91. The van der Waals surface area contributed by atoms with Crippen LogP contribution in [0.25, 0.3) is 22.3 Å². The summed E-state index contributed by atoms with van der Waals surface area (Å²) in [5.41, 5.74) is 11.6. The predicted molar refractivity (Wildman–Crippen MR) is 129 cm³/mol. The van der Waals surface area contributed by atoms with Crippen LogP contribution in [0.15, 0.2) is 48.8 Å². The highest BCUT2D eigenvalue weighted by Crippen LogP contribution is 2.33. The van der Waals surface area contributed by atoms with Gasteiger partial charge in [-0.2, -0.15) is 5.10 Å². The minimum Gasteiger partial charge on any atom is -0.399 e. The molecule has 2 aromatic heterocycles. The van der Waals surface area contributed by atoms with E-state index in [9.17, 15) is 0 Å². The predicted octanol–water partition coefficient (Wildman–Crippen LogP) is 4.31. The lowest BCUT2D eigenvalue weighted by atomic mass is 10.1. The zero-order valence-electron chi connectivity index (χ0n) is 17.0. The van der Waals surface area contributed by atoms with Crippen molar-refractivity contribution in [3.8, 4) is 11.3 Å². The molecular formula is C22H23Cl2N7. The molecule has 0 radical (unpaired) electrons. The van der Waals surface area contributed by atoms with Crippen LogP contribution in [-0.4, -0.2) is 46.3 Å². The van der Waals surface area contributed by atoms with Gasteiger partial charge >= 0.3 is 0 Å². The summed E-state index contributed by atoms with van der Waals surface area (Å²) in [7, 11) is 0. The third kappa shape index (κ3) is 3.98. The number of rotatable bonds is 3. The van der Waals surface area contributed by atoms with E-state index in [0.29, 0.717) is 11.3 Å². The average molecular weight is 456 g/mol. The van der Waals surface area contributed by atoms with Crippen molar-refractivity contribution in [3.63, 3.8) is 0 Å².